The molecule has 0 spiro atoms. The zero-order valence-corrected chi connectivity index (χ0v) is 11.5. The minimum absolute atomic E-state index is 0.112. The van der Waals surface area contributed by atoms with Gasteiger partial charge in [-0.15, -0.1) is 0 Å². The van der Waals surface area contributed by atoms with Crippen molar-refractivity contribution in [2.75, 3.05) is 24.1 Å². The number of hydrogen-bond donors (Lipinski definition) is 2. The normalized spacial score (nSPS) is 12.5. The molecule has 0 radical (unpaired) electrons. The molecule has 4 nitrogen and oxygen atoms in total. The fourth-order valence-corrected chi connectivity index (χ4v) is 2.69. The highest BCUT2D eigenvalue weighted by Gasteiger charge is 2.35. The molecule has 0 aliphatic carbocycles. The number of benzene rings is 1. The van der Waals surface area contributed by atoms with Crippen LogP contribution in [-0.2, 0) is 16.2 Å². The number of para-hydroxylation sites is 1. The Balaban J connectivity index is 3.14. The molecule has 0 aromatic heterocycles. The Hall–Kier alpha value is -0.990. The molecule has 1 rings (SSSR count). The van der Waals surface area contributed by atoms with Crippen LogP contribution in [0.3, 0.4) is 0 Å². The van der Waals surface area contributed by atoms with Gasteiger partial charge >= 0.3 is 6.18 Å². The molecule has 108 valence electrons. The van der Waals surface area contributed by atoms with Gasteiger partial charge in [-0.05, 0) is 19.2 Å². The third kappa shape index (κ3) is 4.55. The predicted octanol–water partition coefficient (Wildman–Crippen LogP) is 2.32. The standard InChI is InChI=1S/C10H12ClF3N2O2S/c1-15-5-6-19(17,18)16-9-7(10(12,13)14)3-2-4-8(9)11/h2-4,15-16H,5-6H2,1H3. The van der Waals surface area contributed by atoms with E-state index in [0.717, 1.165) is 12.1 Å². The Morgan fingerprint density at radius 2 is 1.95 bits per heavy atom. The van der Waals surface area contributed by atoms with Gasteiger partial charge in [-0.1, -0.05) is 17.7 Å². The molecule has 0 amide bonds. The van der Waals surface area contributed by atoms with Gasteiger partial charge in [0.05, 0.1) is 22.0 Å². The van der Waals surface area contributed by atoms with E-state index in [0.29, 0.717) is 0 Å². The van der Waals surface area contributed by atoms with Crippen LogP contribution in [0, 0.1) is 0 Å². The van der Waals surface area contributed by atoms with E-state index in [1.807, 2.05) is 4.72 Å². The van der Waals surface area contributed by atoms with Gasteiger partial charge in [-0.3, -0.25) is 4.72 Å². The summed E-state index contributed by atoms with van der Waals surface area (Å²) >= 11 is 5.63. The lowest BCUT2D eigenvalue weighted by molar-refractivity contribution is -0.136. The van der Waals surface area contributed by atoms with E-state index >= 15 is 0 Å². The van der Waals surface area contributed by atoms with Gasteiger partial charge in [0.1, 0.15) is 0 Å². The predicted molar refractivity (Wildman–Crippen MR) is 67.8 cm³/mol. The van der Waals surface area contributed by atoms with Crippen molar-refractivity contribution in [2.45, 2.75) is 6.18 Å². The van der Waals surface area contributed by atoms with E-state index in [-0.39, 0.29) is 17.3 Å². The zero-order chi connectivity index (χ0) is 14.7. The first kappa shape index (κ1) is 16.1. The first-order valence-corrected chi connectivity index (χ1v) is 7.21. The van der Waals surface area contributed by atoms with Crippen LogP contribution in [0.25, 0.3) is 0 Å². The third-order valence-electron chi connectivity index (χ3n) is 2.20. The lowest BCUT2D eigenvalue weighted by Crippen LogP contribution is -2.25. The molecule has 0 heterocycles. The van der Waals surface area contributed by atoms with Crippen LogP contribution in [0.1, 0.15) is 5.56 Å². The van der Waals surface area contributed by atoms with Crippen molar-refractivity contribution in [3.05, 3.63) is 28.8 Å². The summed E-state index contributed by atoms with van der Waals surface area (Å²) < 4.78 is 63.4. The molecule has 0 bridgehead atoms. The van der Waals surface area contributed by atoms with E-state index in [1.54, 1.807) is 0 Å². The number of anilines is 1. The molecule has 2 N–H and O–H groups in total. The van der Waals surface area contributed by atoms with Crippen LogP contribution in [0.4, 0.5) is 18.9 Å². The average molecular weight is 317 g/mol. The lowest BCUT2D eigenvalue weighted by Gasteiger charge is -2.16. The fourth-order valence-electron chi connectivity index (χ4n) is 1.31. The SMILES string of the molecule is CNCCS(=O)(=O)Nc1c(Cl)cccc1C(F)(F)F. The number of nitrogens with one attached hydrogen (secondary N) is 2. The largest absolute Gasteiger partial charge is 0.418 e. The highest BCUT2D eigenvalue weighted by molar-refractivity contribution is 7.92. The van der Waals surface area contributed by atoms with E-state index < -0.39 is 27.5 Å². The Morgan fingerprint density at radius 1 is 1.32 bits per heavy atom. The molecule has 0 saturated carbocycles. The van der Waals surface area contributed by atoms with Crippen LogP contribution in [0.5, 0.6) is 0 Å². The van der Waals surface area contributed by atoms with Crippen LogP contribution in [0.2, 0.25) is 5.02 Å². The second-order valence-electron chi connectivity index (χ2n) is 3.68. The average Bonchev–Trinajstić information content (AvgIpc) is 2.27. The van der Waals surface area contributed by atoms with Crippen LogP contribution >= 0.6 is 11.6 Å². The maximum absolute atomic E-state index is 12.7. The van der Waals surface area contributed by atoms with Crippen molar-refractivity contribution in [1.82, 2.24) is 5.32 Å². The second-order valence-corrected chi connectivity index (χ2v) is 5.93. The molecule has 0 atom stereocenters. The smallest absolute Gasteiger partial charge is 0.319 e. The van der Waals surface area contributed by atoms with Gasteiger partial charge in [0.15, 0.2) is 0 Å². The first-order valence-electron chi connectivity index (χ1n) is 5.18. The summed E-state index contributed by atoms with van der Waals surface area (Å²) in [7, 11) is -2.37. The van der Waals surface area contributed by atoms with Crippen molar-refractivity contribution < 1.29 is 21.6 Å². The fraction of sp³-hybridized carbons (Fsp3) is 0.400. The van der Waals surface area contributed by atoms with Gasteiger partial charge in [0.25, 0.3) is 0 Å². The monoisotopic (exact) mass is 316 g/mol. The summed E-state index contributed by atoms with van der Waals surface area (Å²) in [6.45, 7) is 0.112. The molecule has 0 unspecified atom stereocenters. The summed E-state index contributed by atoms with van der Waals surface area (Å²) in [4.78, 5) is 0. The maximum Gasteiger partial charge on any atom is 0.418 e. The molecule has 1 aromatic carbocycles. The first-order chi connectivity index (χ1) is 8.67. The summed E-state index contributed by atoms with van der Waals surface area (Å²) in [5.41, 5.74) is -1.76. The van der Waals surface area contributed by atoms with Gasteiger partial charge in [0.2, 0.25) is 10.0 Å². The molecular formula is C10H12ClF3N2O2S. The lowest BCUT2D eigenvalue weighted by atomic mass is 10.2. The summed E-state index contributed by atoms with van der Waals surface area (Å²) in [6, 6.07) is 3.06. The Morgan fingerprint density at radius 3 is 2.47 bits per heavy atom. The zero-order valence-electron chi connectivity index (χ0n) is 9.88. The number of rotatable bonds is 5. The Kier molecular flexibility index (Phi) is 5.05. The molecule has 0 aliphatic rings. The highest BCUT2D eigenvalue weighted by atomic mass is 35.5. The minimum Gasteiger partial charge on any atom is -0.319 e. The van der Waals surface area contributed by atoms with Gasteiger partial charge < -0.3 is 5.32 Å². The van der Waals surface area contributed by atoms with Gasteiger partial charge in [-0.25, -0.2) is 8.42 Å². The van der Waals surface area contributed by atoms with Gasteiger partial charge in [-0.2, -0.15) is 13.2 Å². The van der Waals surface area contributed by atoms with Crippen molar-refractivity contribution in [3.63, 3.8) is 0 Å². The van der Waals surface area contributed by atoms with Crippen LogP contribution in [0.15, 0.2) is 18.2 Å². The van der Waals surface area contributed by atoms with Crippen molar-refractivity contribution in [1.29, 1.82) is 0 Å². The van der Waals surface area contributed by atoms with Crippen molar-refractivity contribution in [3.8, 4) is 0 Å². The maximum atomic E-state index is 12.7. The third-order valence-corrected chi connectivity index (χ3v) is 3.77. The second kappa shape index (κ2) is 5.98. The van der Waals surface area contributed by atoms with Crippen molar-refractivity contribution >= 4 is 27.3 Å². The van der Waals surface area contributed by atoms with E-state index in [1.165, 1.54) is 13.1 Å². The quantitative estimate of drug-likeness (QED) is 0.876. The molecular weight excluding hydrogens is 305 g/mol. The number of halogens is 4. The molecule has 9 heteroatoms. The van der Waals surface area contributed by atoms with E-state index in [9.17, 15) is 21.6 Å². The van der Waals surface area contributed by atoms with Crippen LogP contribution < -0.4 is 10.0 Å². The molecule has 0 fully saturated rings. The van der Waals surface area contributed by atoms with Gasteiger partial charge in [0, 0.05) is 6.54 Å². The highest BCUT2D eigenvalue weighted by Crippen LogP contribution is 2.38. The number of hydrogen-bond acceptors (Lipinski definition) is 3. The minimum atomic E-state index is -4.69. The number of alkyl halides is 3. The Bertz CT molecular complexity index is 546. The summed E-state index contributed by atoms with van der Waals surface area (Å²) in [5.74, 6) is -0.355. The molecule has 0 aliphatic heterocycles. The van der Waals surface area contributed by atoms with E-state index in [4.69, 9.17) is 11.6 Å². The summed E-state index contributed by atoms with van der Waals surface area (Å²) in [5, 5.41) is 2.29. The Labute approximate surface area is 114 Å². The van der Waals surface area contributed by atoms with Crippen molar-refractivity contribution in [2.24, 2.45) is 0 Å². The molecule has 0 saturated heterocycles. The topological polar surface area (TPSA) is 58.2 Å². The molecule has 19 heavy (non-hydrogen) atoms. The molecule has 1 aromatic rings. The summed E-state index contributed by atoms with van der Waals surface area (Å²) in [6.07, 6.45) is -4.69. The number of sulfonamides is 1. The van der Waals surface area contributed by atoms with E-state index in [2.05, 4.69) is 5.32 Å². The van der Waals surface area contributed by atoms with Crippen LogP contribution in [-0.4, -0.2) is 27.8 Å².